The molecule has 0 bridgehead atoms. The van der Waals surface area contributed by atoms with Crippen LogP contribution >= 0.6 is 11.6 Å². The predicted molar refractivity (Wildman–Crippen MR) is 70.9 cm³/mol. The van der Waals surface area contributed by atoms with Gasteiger partial charge in [-0.1, -0.05) is 11.6 Å². The minimum Gasteiger partial charge on any atom is -0.271 e. The molecule has 102 valence electrons. The van der Waals surface area contributed by atoms with Crippen molar-refractivity contribution in [2.24, 2.45) is 12.9 Å². The lowest BCUT2D eigenvalue weighted by Crippen LogP contribution is -2.30. The van der Waals surface area contributed by atoms with Gasteiger partial charge in [0.1, 0.15) is 5.82 Å². The molecule has 0 radical (unpaired) electrons. The molecule has 2 aromatic heterocycles. The summed E-state index contributed by atoms with van der Waals surface area (Å²) in [7, 11) is 1.82. The Hall–Kier alpha value is -1.50. The number of hydrazine groups is 1. The standard InChI is InChI=1S/C12H15ClFN5/c1-7-12(13)11(19(2)18-7)5-10(17-15)9-4-3-8(14)6-16-9/h3-4,6,10,17H,5,15H2,1-2H3. The largest absolute Gasteiger partial charge is 0.271 e. The fourth-order valence-corrected chi connectivity index (χ4v) is 2.17. The molecule has 0 aliphatic rings. The molecule has 19 heavy (non-hydrogen) atoms. The van der Waals surface area contributed by atoms with Gasteiger partial charge in [0.25, 0.3) is 0 Å². The van der Waals surface area contributed by atoms with Crippen LogP contribution in [0.5, 0.6) is 0 Å². The third kappa shape index (κ3) is 2.91. The van der Waals surface area contributed by atoms with Crippen molar-refractivity contribution < 1.29 is 4.39 Å². The average Bonchev–Trinajstić information content (AvgIpc) is 2.63. The molecule has 7 heteroatoms. The smallest absolute Gasteiger partial charge is 0.141 e. The third-order valence-corrected chi connectivity index (χ3v) is 3.46. The van der Waals surface area contributed by atoms with Crippen molar-refractivity contribution >= 4 is 11.6 Å². The van der Waals surface area contributed by atoms with Crippen molar-refractivity contribution in [1.29, 1.82) is 0 Å². The Morgan fingerprint density at radius 3 is 2.74 bits per heavy atom. The maximum absolute atomic E-state index is 12.9. The van der Waals surface area contributed by atoms with Crippen LogP contribution in [0.1, 0.15) is 23.1 Å². The third-order valence-electron chi connectivity index (χ3n) is 2.97. The lowest BCUT2D eigenvalue weighted by atomic mass is 10.1. The summed E-state index contributed by atoms with van der Waals surface area (Å²) in [5.74, 6) is 5.16. The average molecular weight is 284 g/mol. The molecule has 0 saturated carbocycles. The summed E-state index contributed by atoms with van der Waals surface area (Å²) in [6.07, 6.45) is 1.68. The number of rotatable bonds is 4. The second-order valence-electron chi connectivity index (χ2n) is 4.29. The zero-order valence-corrected chi connectivity index (χ0v) is 11.4. The van der Waals surface area contributed by atoms with E-state index in [1.807, 2.05) is 14.0 Å². The first-order valence-electron chi connectivity index (χ1n) is 5.78. The van der Waals surface area contributed by atoms with Gasteiger partial charge in [-0.25, -0.2) is 4.39 Å². The summed E-state index contributed by atoms with van der Waals surface area (Å²) >= 11 is 6.20. The minimum absolute atomic E-state index is 0.257. The number of aryl methyl sites for hydroxylation is 2. The van der Waals surface area contributed by atoms with Crippen LogP contribution in [-0.2, 0) is 13.5 Å². The van der Waals surface area contributed by atoms with Gasteiger partial charge >= 0.3 is 0 Å². The number of halogens is 2. The number of pyridine rings is 1. The summed E-state index contributed by atoms with van der Waals surface area (Å²) < 4.78 is 14.6. The van der Waals surface area contributed by atoms with Crippen LogP contribution in [-0.4, -0.2) is 14.8 Å². The van der Waals surface area contributed by atoms with Gasteiger partial charge in [0.15, 0.2) is 0 Å². The predicted octanol–water partition coefficient (Wildman–Crippen LogP) is 1.66. The number of hydrogen-bond donors (Lipinski definition) is 2. The molecule has 0 aromatic carbocycles. The Balaban J connectivity index is 2.26. The van der Waals surface area contributed by atoms with Crippen molar-refractivity contribution in [3.8, 4) is 0 Å². The normalized spacial score (nSPS) is 12.7. The Kier molecular flexibility index (Phi) is 4.14. The first kappa shape index (κ1) is 13.9. The Labute approximate surface area is 115 Å². The Morgan fingerprint density at radius 2 is 2.26 bits per heavy atom. The number of hydrogen-bond acceptors (Lipinski definition) is 4. The molecule has 3 N–H and O–H groups in total. The molecule has 2 heterocycles. The molecule has 0 aliphatic heterocycles. The highest BCUT2D eigenvalue weighted by molar-refractivity contribution is 6.31. The first-order valence-corrected chi connectivity index (χ1v) is 6.16. The minimum atomic E-state index is -0.381. The first-order chi connectivity index (χ1) is 9.02. The van der Waals surface area contributed by atoms with Gasteiger partial charge in [0.05, 0.1) is 34.3 Å². The highest BCUT2D eigenvalue weighted by Gasteiger charge is 2.18. The van der Waals surface area contributed by atoms with Gasteiger partial charge in [-0.2, -0.15) is 5.10 Å². The fourth-order valence-electron chi connectivity index (χ4n) is 1.94. The van der Waals surface area contributed by atoms with Gasteiger partial charge in [-0.05, 0) is 19.1 Å². The van der Waals surface area contributed by atoms with E-state index < -0.39 is 0 Å². The molecule has 0 amide bonds. The quantitative estimate of drug-likeness (QED) is 0.661. The fraction of sp³-hybridized carbons (Fsp3) is 0.333. The molecule has 0 saturated heterocycles. The van der Waals surface area contributed by atoms with E-state index in [2.05, 4.69) is 15.5 Å². The molecule has 0 fully saturated rings. The summed E-state index contributed by atoms with van der Waals surface area (Å²) in [6.45, 7) is 1.84. The Bertz CT molecular complexity index is 566. The van der Waals surface area contributed by atoms with E-state index >= 15 is 0 Å². The molecule has 2 rings (SSSR count). The van der Waals surface area contributed by atoms with Crippen molar-refractivity contribution in [2.45, 2.75) is 19.4 Å². The topological polar surface area (TPSA) is 68.8 Å². The summed E-state index contributed by atoms with van der Waals surface area (Å²) in [5.41, 5.74) is 4.94. The lowest BCUT2D eigenvalue weighted by molar-refractivity contribution is 0.515. The van der Waals surface area contributed by atoms with Gasteiger partial charge in [0, 0.05) is 13.5 Å². The lowest BCUT2D eigenvalue weighted by Gasteiger charge is -2.15. The molecule has 0 aliphatic carbocycles. The van der Waals surface area contributed by atoms with Crippen LogP contribution in [0.15, 0.2) is 18.3 Å². The summed E-state index contributed by atoms with van der Waals surface area (Å²) in [6, 6.07) is 2.69. The molecule has 0 spiro atoms. The van der Waals surface area contributed by atoms with Gasteiger partial charge in [0.2, 0.25) is 0 Å². The summed E-state index contributed by atoms with van der Waals surface area (Å²) in [5, 5.41) is 4.86. The molecular weight excluding hydrogens is 269 g/mol. The monoisotopic (exact) mass is 283 g/mol. The highest BCUT2D eigenvalue weighted by Crippen LogP contribution is 2.24. The highest BCUT2D eigenvalue weighted by atomic mass is 35.5. The van der Waals surface area contributed by atoms with Gasteiger partial charge < -0.3 is 0 Å². The molecule has 5 nitrogen and oxygen atoms in total. The van der Waals surface area contributed by atoms with Crippen molar-refractivity contribution in [3.05, 3.63) is 46.3 Å². The zero-order valence-electron chi connectivity index (χ0n) is 10.7. The van der Waals surface area contributed by atoms with E-state index in [1.165, 1.54) is 6.07 Å². The number of nitrogens with zero attached hydrogens (tertiary/aromatic N) is 3. The van der Waals surface area contributed by atoms with Gasteiger partial charge in [-0.15, -0.1) is 0 Å². The van der Waals surface area contributed by atoms with Crippen molar-refractivity contribution in [3.63, 3.8) is 0 Å². The SMILES string of the molecule is Cc1nn(C)c(CC(NN)c2ccc(F)cn2)c1Cl. The second kappa shape index (κ2) is 5.64. The maximum atomic E-state index is 12.9. The second-order valence-corrected chi connectivity index (χ2v) is 4.67. The van der Waals surface area contributed by atoms with E-state index in [1.54, 1.807) is 10.7 Å². The number of nitrogens with one attached hydrogen (secondary N) is 1. The van der Waals surface area contributed by atoms with Crippen molar-refractivity contribution in [1.82, 2.24) is 20.2 Å². The van der Waals surface area contributed by atoms with Crippen LogP contribution in [0.4, 0.5) is 4.39 Å². The summed E-state index contributed by atoms with van der Waals surface area (Å²) in [4.78, 5) is 4.02. The van der Waals surface area contributed by atoms with E-state index in [0.717, 1.165) is 17.6 Å². The van der Waals surface area contributed by atoms with Crippen LogP contribution in [0.3, 0.4) is 0 Å². The number of nitrogens with two attached hydrogens (primary N) is 1. The van der Waals surface area contributed by atoms with Crippen LogP contribution in [0, 0.1) is 12.7 Å². The van der Waals surface area contributed by atoms with E-state index in [0.29, 0.717) is 17.1 Å². The van der Waals surface area contributed by atoms with E-state index in [9.17, 15) is 4.39 Å². The zero-order chi connectivity index (χ0) is 14.0. The molecule has 1 atom stereocenters. The van der Waals surface area contributed by atoms with E-state index in [4.69, 9.17) is 17.4 Å². The van der Waals surface area contributed by atoms with Crippen LogP contribution in [0.2, 0.25) is 5.02 Å². The van der Waals surface area contributed by atoms with E-state index in [-0.39, 0.29) is 11.9 Å². The molecule has 2 aromatic rings. The van der Waals surface area contributed by atoms with Crippen molar-refractivity contribution in [2.75, 3.05) is 0 Å². The maximum Gasteiger partial charge on any atom is 0.141 e. The number of aromatic nitrogens is 3. The van der Waals surface area contributed by atoms with Crippen LogP contribution in [0.25, 0.3) is 0 Å². The van der Waals surface area contributed by atoms with Crippen LogP contribution < -0.4 is 11.3 Å². The Morgan fingerprint density at radius 1 is 1.53 bits per heavy atom. The molecule has 1 unspecified atom stereocenters. The van der Waals surface area contributed by atoms with Gasteiger partial charge in [-0.3, -0.25) is 20.9 Å². The molecular formula is C12H15ClFN5.